The minimum absolute atomic E-state index is 0.0898. The van der Waals surface area contributed by atoms with Crippen molar-refractivity contribution in [1.29, 1.82) is 0 Å². The van der Waals surface area contributed by atoms with Crippen LogP contribution in [0, 0.1) is 17.5 Å². The van der Waals surface area contributed by atoms with E-state index in [1.165, 1.54) is 0 Å². The maximum absolute atomic E-state index is 13.7. The zero-order chi connectivity index (χ0) is 14.7. The van der Waals surface area contributed by atoms with Crippen molar-refractivity contribution in [3.8, 4) is 5.75 Å². The zero-order valence-corrected chi connectivity index (χ0v) is 10.9. The fourth-order valence-electron chi connectivity index (χ4n) is 1.89. The van der Waals surface area contributed by atoms with Crippen LogP contribution in [0.15, 0.2) is 36.4 Å². The van der Waals surface area contributed by atoms with Gasteiger partial charge in [0.05, 0.1) is 12.6 Å². The van der Waals surface area contributed by atoms with E-state index in [1.807, 2.05) is 6.92 Å². The lowest BCUT2D eigenvalue weighted by Crippen LogP contribution is -2.14. The lowest BCUT2D eigenvalue weighted by atomic mass is 9.99. The summed E-state index contributed by atoms with van der Waals surface area (Å²) in [6.45, 7) is 2.39. The monoisotopic (exact) mass is 281 g/mol. The van der Waals surface area contributed by atoms with E-state index in [0.717, 1.165) is 6.07 Å². The standard InChI is InChI=1S/C15H14F3NO/c1-2-20-10-5-3-9(4-6-10)15(19)11-7-13(17)14(18)8-12(11)16/h3-8,15H,2,19H2,1H3. The van der Waals surface area contributed by atoms with Crippen LogP contribution in [0.2, 0.25) is 0 Å². The van der Waals surface area contributed by atoms with E-state index in [-0.39, 0.29) is 5.56 Å². The minimum Gasteiger partial charge on any atom is -0.494 e. The van der Waals surface area contributed by atoms with Crippen molar-refractivity contribution in [1.82, 2.24) is 0 Å². The molecule has 0 amide bonds. The van der Waals surface area contributed by atoms with Gasteiger partial charge in [-0.3, -0.25) is 0 Å². The number of rotatable bonds is 4. The molecular formula is C15H14F3NO. The summed E-state index contributed by atoms with van der Waals surface area (Å²) < 4.78 is 45.0. The van der Waals surface area contributed by atoms with Crippen LogP contribution in [-0.4, -0.2) is 6.61 Å². The molecule has 0 heterocycles. The van der Waals surface area contributed by atoms with Gasteiger partial charge in [-0.1, -0.05) is 12.1 Å². The van der Waals surface area contributed by atoms with Gasteiger partial charge in [0.15, 0.2) is 11.6 Å². The Balaban J connectivity index is 2.31. The predicted octanol–water partition coefficient (Wildman–Crippen LogP) is 3.55. The van der Waals surface area contributed by atoms with Crippen LogP contribution in [0.5, 0.6) is 5.75 Å². The Morgan fingerprint density at radius 2 is 1.60 bits per heavy atom. The summed E-state index contributed by atoms with van der Waals surface area (Å²) in [7, 11) is 0. The summed E-state index contributed by atoms with van der Waals surface area (Å²) in [6.07, 6.45) is 0. The maximum atomic E-state index is 13.7. The van der Waals surface area contributed by atoms with E-state index < -0.39 is 23.5 Å². The first-order chi connectivity index (χ1) is 9.52. The Morgan fingerprint density at radius 3 is 2.20 bits per heavy atom. The molecule has 0 spiro atoms. The number of halogens is 3. The second-order valence-corrected chi connectivity index (χ2v) is 4.27. The Hall–Kier alpha value is -2.01. The molecule has 1 unspecified atom stereocenters. The lowest BCUT2D eigenvalue weighted by Gasteiger charge is -2.14. The first-order valence-electron chi connectivity index (χ1n) is 6.15. The number of ether oxygens (including phenoxy) is 1. The van der Waals surface area contributed by atoms with Gasteiger partial charge in [-0.25, -0.2) is 13.2 Å². The van der Waals surface area contributed by atoms with E-state index in [1.54, 1.807) is 24.3 Å². The average Bonchev–Trinajstić information content (AvgIpc) is 2.43. The third-order valence-corrected chi connectivity index (χ3v) is 2.92. The zero-order valence-electron chi connectivity index (χ0n) is 10.9. The molecule has 20 heavy (non-hydrogen) atoms. The van der Waals surface area contributed by atoms with Crippen molar-refractivity contribution < 1.29 is 17.9 Å². The third-order valence-electron chi connectivity index (χ3n) is 2.92. The summed E-state index contributed by atoms with van der Waals surface area (Å²) in [6, 6.07) is 7.12. The van der Waals surface area contributed by atoms with Crippen LogP contribution >= 0.6 is 0 Å². The second-order valence-electron chi connectivity index (χ2n) is 4.27. The van der Waals surface area contributed by atoms with Gasteiger partial charge in [-0.05, 0) is 30.7 Å². The molecule has 0 aromatic heterocycles. The molecule has 5 heteroatoms. The fraction of sp³-hybridized carbons (Fsp3) is 0.200. The number of hydrogen-bond acceptors (Lipinski definition) is 2. The SMILES string of the molecule is CCOc1ccc(C(N)c2cc(F)c(F)cc2F)cc1. The highest BCUT2D eigenvalue weighted by Gasteiger charge is 2.17. The maximum Gasteiger partial charge on any atom is 0.161 e. The van der Waals surface area contributed by atoms with Gasteiger partial charge in [0.1, 0.15) is 11.6 Å². The van der Waals surface area contributed by atoms with Gasteiger partial charge < -0.3 is 10.5 Å². The molecular weight excluding hydrogens is 267 g/mol. The largest absolute Gasteiger partial charge is 0.494 e. The van der Waals surface area contributed by atoms with Crippen molar-refractivity contribution in [2.45, 2.75) is 13.0 Å². The molecule has 0 fully saturated rings. The van der Waals surface area contributed by atoms with E-state index in [9.17, 15) is 13.2 Å². The molecule has 2 rings (SSSR count). The third kappa shape index (κ3) is 2.93. The van der Waals surface area contributed by atoms with Gasteiger partial charge in [-0.2, -0.15) is 0 Å². The van der Waals surface area contributed by atoms with Crippen LogP contribution in [0.3, 0.4) is 0 Å². The summed E-state index contributed by atoms with van der Waals surface area (Å²) in [4.78, 5) is 0. The highest BCUT2D eigenvalue weighted by atomic mass is 19.2. The molecule has 2 aromatic carbocycles. The fourth-order valence-corrected chi connectivity index (χ4v) is 1.89. The van der Waals surface area contributed by atoms with Gasteiger partial charge >= 0.3 is 0 Å². The summed E-state index contributed by atoms with van der Waals surface area (Å²) in [5.74, 6) is -2.56. The molecule has 0 bridgehead atoms. The van der Waals surface area contributed by atoms with Crippen molar-refractivity contribution in [3.63, 3.8) is 0 Å². The predicted molar refractivity (Wildman–Crippen MR) is 70.0 cm³/mol. The molecule has 0 saturated heterocycles. The van der Waals surface area contributed by atoms with Gasteiger partial charge in [-0.15, -0.1) is 0 Å². The molecule has 2 N–H and O–H groups in total. The molecule has 0 aliphatic carbocycles. The van der Waals surface area contributed by atoms with E-state index in [2.05, 4.69) is 0 Å². The first kappa shape index (κ1) is 14.4. The van der Waals surface area contributed by atoms with Crippen molar-refractivity contribution >= 4 is 0 Å². The van der Waals surface area contributed by atoms with Crippen molar-refractivity contribution in [3.05, 3.63) is 65.0 Å². The van der Waals surface area contributed by atoms with Crippen LogP contribution in [0.1, 0.15) is 24.1 Å². The Kier molecular flexibility index (Phi) is 4.29. The highest BCUT2D eigenvalue weighted by Crippen LogP contribution is 2.25. The summed E-state index contributed by atoms with van der Waals surface area (Å²) in [5, 5.41) is 0. The lowest BCUT2D eigenvalue weighted by molar-refractivity contribution is 0.340. The van der Waals surface area contributed by atoms with E-state index in [0.29, 0.717) is 24.0 Å². The topological polar surface area (TPSA) is 35.2 Å². The van der Waals surface area contributed by atoms with Crippen LogP contribution < -0.4 is 10.5 Å². The summed E-state index contributed by atoms with van der Waals surface area (Å²) >= 11 is 0. The normalized spacial score (nSPS) is 12.2. The number of benzene rings is 2. The van der Waals surface area contributed by atoms with Crippen molar-refractivity contribution in [2.75, 3.05) is 6.61 Å². The smallest absolute Gasteiger partial charge is 0.161 e. The number of nitrogens with two attached hydrogens (primary N) is 1. The highest BCUT2D eigenvalue weighted by molar-refractivity contribution is 5.36. The quantitative estimate of drug-likeness (QED) is 0.870. The van der Waals surface area contributed by atoms with Gasteiger partial charge in [0.25, 0.3) is 0 Å². The molecule has 0 saturated carbocycles. The molecule has 1 atom stereocenters. The van der Waals surface area contributed by atoms with Crippen LogP contribution in [-0.2, 0) is 0 Å². The number of hydrogen-bond donors (Lipinski definition) is 1. The van der Waals surface area contributed by atoms with Crippen LogP contribution in [0.25, 0.3) is 0 Å². The molecule has 2 nitrogen and oxygen atoms in total. The molecule has 0 aliphatic heterocycles. The van der Waals surface area contributed by atoms with Gasteiger partial charge in [0.2, 0.25) is 0 Å². The molecule has 106 valence electrons. The summed E-state index contributed by atoms with van der Waals surface area (Å²) in [5.41, 5.74) is 6.38. The Labute approximate surface area is 115 Å². The first-order valence-corrected chi connectivity index (χ1v) is 6.15. The van der Waals surface area contributed by atoms with Crippen molar-refractivity contribution in [2.24, 2.45) is 5.73 Å². The van der Waals surface area contributed by atoms with Crippen LogP contribution in [0.4, 0.5) is 13.2 Å². The Bertz CT molecular complexity index is 599. The molecule has 0 radical (unpaired) electrons. The molecule has 2 aromatic rings. The molecule has 0 aliphatic rings. The minimum atomic E-state index is -1.23. The van der Waals surface area contributed by atoms with Gasteiger partial charge in [0, 0.05) is 11.6 Å². The van der Waals surface area contributed by atoms with E-state index in [4.69, 9.17) is 10.5 Å². The second kappa shape index (κ2) is 5.96. The average molecular weight is 281 g/mol. The van der Waals surface area contributed by atoms with E-state index >= 15 is 0 Å². The Morgan fingerprint density at radius 1 is 1.00 bits per heavy atom.